The van der Waals surface area contributed by atoms with Crippen LogP contribution in [0.25, 0.3) is 0 Å². The fraction of sp³-hybridized carbons (Fsp3) is 0.667. The first-order valence-corrected chi connectivity index (χ1v) is 5.39. The number of rotatable bonds is 5. The van der Waals surface area contributed by atoms with E-state index in [2.05, 4.69) is 11.9 Å². The number of hydrogen-bond donors (Lipinski definition) is 1. The van der Waals surface area contributed by atoms with Gasteiger partial charge in [-0.2, -0.15) is 0 Å². The third-order valence-electron chi connectivity index (χ3n) is 1.81. The lowest BCUT2D eigenvalue weighted by molar-refractivity contribution is -0.120. The van der Waals surface area contributed by atoms with Crippen LogP contribution in [0.2, 0.25) is 0 Å². The summed E-state index contributed by atoms with van der Waals surface area (Å²) in [7, 11) is 0. The Hall–Kier alpha value is -1.32. The molecule has 0 aliphatic heterocycles. The van der Waals surface area contributed by atoms with Crippen LogP contribution in [0, 0.1) is 0 Å². The summed E-state index contributed by atoms with van der Waals surface area (Å²) in [5.41, 5.74) is -0.548. The molecule has 0 aromatic heterocycles. The van der Waals surface area contributed by atoms with Gasteiger partial charge >= 0.3 is 6.09 Å². The lowest BCUT2D eigenvalue weighted by Crippen LogP contribution is -2.41. The second kappa shape index (κ2) is 6.30. The Kier molecular flexibility index (Phi) is 5.78. The Morgan fingerprint density at radius 3 is 2.44 bits per heavy atom. The molecule has 0 saturated carbocycles. The molecule has 1 amide bonds. The van der Waals surface area contributed by atoms with Gasteiger partial charge in [0.05, 0.1) is 6.04 Å². The Morgan fingerprint density at radius 2 is 2.00 bits per heavy atom. The summed E-state index contributed by atoms with van der Waals surface area (Å²) in [6.07, 6.45) is 2.13. The highest BCUT2D eigenvalue weighted by molar-refractivity contribution is 5.87. The van der Waals surface area contributed by atoms with E-state index in [9.17, 15) is 9.59 Å². The monoisotopic (exact) mass is 227 g/mol. The number of carbonyl (C=O) groups excluding carboxylic acids is 2. The summed E-state index contributed by atoms with van der Waals surface area (Å²) >= 11 is 0. The van der Waals surface area contributed by atoms with E-state index >= 15 is 0 Å². The summed E-state index contributed by atoms with van der Waals surface area (Å²) < 4.78 is 5.04. The molecule has 1 N–H and O–H groups in total. The van der Waals surface area contributed by atoms with E-state index in [0.29, 0.717) is 12.8 Å². The van der Waals surface area contributed by atoms with E-state index in [0.717, 1.165) is 0 Å². The molecular weight excluding hydrogens is 206 g/mol. The zero-order valence-electron chi connectivity index (χ0n) is 10.5. The number of amides is 1. The normalized spacial score (nSPS) is 12.8. The van der Waals surface area contributed by atoms with E-state index in [1.165, 1.54) is 0 Å². The van der Waals surface area contributed by atoms with Gasteiger partial charge in [-0.3, -0.25) is 4.79 Å². The second-order valence-electron chi connectivity index (χ2n) is 4.66. The molecule has 0 saturated heterocycles. The van der Waals surface area contributed by atoms with E-state index < -0.39 is 17.7 Å². The predicted octanol–water partition coefficient (Wildman–Crippen LogP) is 2.43. The second-order valence-corrected chi connectivity index (χ2v) is 4.66. The summed E-state index contributed by atoms with van der Waals surface area (Å²) in [6, 6.07) is -0.519. The number of nitrogens with one attached hydrogen (secondary N) is 1. The molecule has 1 unspecified atom stereocenters. The van der Waals surface area contributed by atoms with Gasteiger partial charge in [0.2, 0.25) is 0 Å². The van der Waals surface area contributed by atoms with Crippen LogP contribution >= 0.6 is 0 Å². The first-order valence-electron chi connectivity index (χ1n) is 5.39. The van der Waals surface area contributed by atoms with Gasteiger partial charge in [-0.15, -0.1) is 6.58 Å². The predicted molar refractivity (Wildman–Crippen MR) is 63.3 cm³/mol. The van der Waals surface area contributed by atoms with Crippen molar-refractivity contribution in [1.29, 1.82) is 0 Å². The zero-order valence-corrected chi connectivity index (χ0v) is 10.5. The summed E-state index contributed by atoms with van der Waals surface area (Å²) in [5, 5.41) is 2.50. The smallest absolute Gasteiger partial charge is 0.408 e. The van der Waals surface area contributed by atoms with Crippen molar-refractivity contribution in [2.24, 2.45) is 0 Å². The molecule has 0 aliphatic carbocycles. The minimum Gasteiger partial charge on any atom is -0.444 e. The third-order valence-corrected chi connectivity index (χ3v) is 1.81. The molecule has 0 fully saturated rings. The van der Waals surface area contributed by atoms with E-state index in [1.807, 2.05) is 0 Å². The molecule has 1 atom stereocenters. The maximum absolute atomic E-state index is 11.5. The van der Waals surface area contributed by atoms with Crippen molar-refractivity contribution in [3.05, 3.63) is 12.7 Å². The van der Waals surface area contributed by atoms with Crippen LogP contribution < -0.4 is 5.32 Å². The zero-order chi connectivity index (χ0) is 12.8. The van der Waals surface area contributed by atoms with Gasteiger partial charge in [-0.1, -0.05) is 6.08 Å². The highest BCUT2D eigenvalue weighted by Crippen LogP contribution is 2.07. The number of alkyl carbamates (subject to hydrolysis) is 1. The van der Waals surface area contributed by atoms with Gasteiger partial charge in [0, 0.05) is 6.42 Å². The standard InChI is InChI=1S/C12H21NO3/c1-6-7-8-10(14)9(2)13-11(15)16-12(3,4)5/h6,9H,1,7-8H2,2-5H3,(H,13,15). The Labute approximate surface area is 97.1 Å². The number of hydrogen-bond acceptors (Lipinski definition) is 3. The molecule has 0 bridgehead atoms. The Bertz CT molecular complexity index is 266. The summed E-state index contributed by atoms with van der Waals surface area (Å²) in [4.78, 5) is 22.8. The van der Waals surface area contributed by atoms with Gasteiger partial charge < -0.3 is 10.1 Å². The summed E-state index contributed by atoms with van der Waals surface area (Å²) in [6.45, 7) is 10.5. The molecule has 92 valence electrons. The minimum absolute atomic E-state index is 0.0224. The molecule has 0 aromatic carbocycles. The van der Waals surface area contributed by atoms with E-state index in [4.69, 9.17) is 4.74 Å². The number of Topliss-reactive ketones (excluding diaryl/α,β-unsaturated/α-hetero) is 1. The van der Waals surface area contributed by atoms with Crippen molar-refractivity contribution in [3.63, 3.8) is 0 Å². The molecule has 0 rings (SSSR count). The van der Waals surface area contributed by atoms with Crippen LogP contribution in [0.5, 0.6) is 0 Å². The van der Waals surface area contributed by atoms with Crippen molar-refractivity contribution >= 4 is 11.9 Å². The number of allylic oxidation sites excluding steroid dienone is 1. The molecule has 0 spiro atoms. The molecule has 0 radical (unpaired) electrons. The first kappa shape index (κ1) is 14.7. The Balaban J connectivity index is 4.04. The van der Waals surface area contributed by atoms with Gasteiger partial charge in [-0.25, -0.2) is 4.79 Å². The van der Waals surface area contributed by atoms with Crippen molar-refractivity contribution in [2.45, 2.75) is 52.2 Å². The third kappa shape index (κ3) is 7.04. The lowest BCUT2D eigenvalue weighted by atomic mass is 10.1. The topological polar surface area (TPSA) is 55.4 Å². The summed E-state index contributed by atoms with van der Waals surface area (Å²) in [5.74, 6) is -0.0224. The average molecular weight is 227 g/mol. The van der Waals surface area contributed by atoms with Crippen LogP contribution in [-0.4, -0.2) is 23.5 Å². The van der Waals surface area contributed by atoms with Gasteiger partial charge in [0.15, 0.2) is 5.78 Å². The fourth-order valence-electron chi connectivity index (χ4n) is 1.03. The first-order chi connectivity index (χ1) is 7.26. The molecule has 0 aromatic rings. The maximum Gasteiger partial charge on any atom is 0.408 e. The van der Waals surface area contributed by atoms with Gasteiger partial charge in [0.25, 0.3) is 0 Å². The number of carbonyl (C=O) groups is 2. The highest BCUT2D eigenvalue weighted by Gasteiger charge is 2.20. The van der Waals surface area contributed by atoms with Crippen LogP contribution in [0.3, 0.4) is 0 Å². The SMILES string of the molecule is C=CCCC(=O)C(C)NC(=O)OC(C)(C)C. The quantitative estimate of drug-likeness (QED) is 0.734. The van der Waals surface area contributed by atoms with Crippen molar-refractivity contribution in [2.75, 3.05) is 0 Å². The average Bonchev–Trinajstić information content (AvgIpc) is 2.10. The van der Waals surface area contributed by atoms with Gasteiger partial charge in [0.1, 0.15) is 5.60 Å². The van der Waals surface area contributed by atoms with Crippen LogP contribution in [-0.2, 0) is 9.53 Å². The number of ether oxygens (including phenoxy) is 1. The molecule has 4 nitrogen and oxygen atoms in total. The Morgan fingerprint density at radius 1 is 1.44 bits per heavy atom. The van der Waals surface area contributed by atoms with Crippen LogP contribution in [0.15, 0.2) is 12.7 Å². The van der Waals surface area contributed by atoms with Crippen molar-refractivity contribution in [1.82, 2.24) is 5.32 Å². The molecule has 0 aliphatic rings. The maximum atomic E-state index is 11.5. The van der Waals surface area contributed by atoms with Crippen LogP contribution in [0.1, 0.15) is 40.5 Å². The van der Waals surface area contributed by atoms with Gasteiger partial charge in [-0.05, 0) is 34.1 Å². The minimum atomic E-state index is -0.563. The molecular formula is C12H21NO3. The molecule has 0 heterocycles. The van der Waals surface area contributed by atoms with E-state index in [-0.39, 0.29) is 5.78 Å². The van der Waals surface area contributed by atoms with Crippen LogP contribution in [0.4, 0.5) is 4.79 Å². The van der Waals surface area contributed by atoms with E-state index in [1.54, 1.807) is 33.8 Å². The molecule has 16 heavy (non-hydrogen) atoms. The van der Waals surface area contributed by atoms with Crippen molar-refractivity contribution < 1.29 is 14.3 Å². The number of ketones is 1. The largest absolute Gasteiger partial charge is 0.444 e. The fourth-order valence-corrected chi connectivity index (χ4v) is 1.03. The van der Waals surface area contributed by atoms with Crippen molar-refractivity contribution in [3.8, 4) is 0 Å². The molecule has 4 heteroatoms. The lowest BCUT2D eigenvalue weighted by Gasteiger charge is -2.21. The highest BCUT2D eigenvalue weighted by atomic mass is 16.6.